The first kappa shape index (κ1) is 18.3. The van der Waals surface area contributed by atoms with Gasteiger partial charge in [-0.3, -0.25) is 0 Å². The molecule has 4 nitrogen and oxygen atoms in total. The average Bonchev–Trinajstić information content (AvgIpc) is 3.10. The van der Waals surface area contributed by atoms with E-state index >= 15 is 0 Å². The van der Waals surface area contributed by atoms with E-state index in [9.17, 15) is 0 Å². The summed E-state index contributed by atoms with van der Waals surface area (Å²) in [7, 11) is 0. The number of rotatable bonds is 3. The minimum absolute atomic E-state index is 0.728. The van der Waals surface area contributed by atoms with E-state index < -0.39 is 0 Å². The predicted octanol–water partition coefficient (Wildman–Crippen LogP) is 4.69. The van der Waals surface area contributed by atoms with E-state index in [1.54, 1.807) is 11.3 Å². The molecule has 0 atom stereocenters. The zero-order valence-electron chi connectivity index (χ0n) is 15.5. The number of nitrogens with zero attached hydrogens (tertiary/aromatic N) is 3. The maximum Gasteiger partial charge on any atom is 0.209 e. The van der Waals surface area contributed by atoms with Crippen molar-refractivity contribution in [3.63, 3.8) is 0 Å². The fourth-order valence-electron chi connectivity index (χ4n) is 3.18. The molecular formula is C21H22ClN3OS. The van der Waals surface area contributed by atoms with Gasteiger partial charge in [-0.15, -0.1) is 11.3 Å². The lowest BCUT2D eigenvalue weighted by Crippen LogP contribution is -2.48. The van der Waals surface area contributed by atoms with Crippen molar-refractivity contribution in [1.82, 2.24) is 4.68 Å². The molecule has 0 aliphatic carbocycles. The van der Waals surface area contributed by atoms with E-state index in [0.717, 1.165) is 53.1 Å². The Morgan fingerprint density at radius 2 is 1.78 bits per heavy atom. The Kier molecular flexibility index (Phi) is 5.34. The van der Waals surface area contributed by atoms with Gasteiger partial charge in [0, 0.05) is 16.0 Å². The SMILES string of the molecule is Cc1cccc(N=c2scc(-c3ccc(Cl)cc3)n2N2CCOCC2)c1C. The Hall–Kier alpha value is -2.08. The van der Waals surface area contributed by atoms with Crippen LogP contribution < -0.4 is 9.81 Å². The van der Waals surface area contributed by atoms with Crippen molar-refractivity contribution in [3.05, 3.63) is 68.8 Å². The molecule has 4 rings (SSSR count). The van der Waals surface area contributed by atoms with Crippen LogP contribution in [0.4, 0.5) is 5.69 Å². The molecule has 0 spiro atoms. The third kappa shape index (κ3) is 3.81. The van der Waals surface area contributed by atoms with Crippen molar-refractivity contribution in [2.75, 3.05) is 31.3 Å². The molecule has 0 N–H and O–H groups in total. The second kappa shape index (κ2) is 7.89. The van der Waals surface area contributed by atoms with Crippen LogP contribution in [0, 0.1) is 13.8 Å². The van der Waals surface area contributed by atoms with Crippen molar-refractivity contribution in [2.24, 2.45) is 4.99 Å². The highest BCUT2D eigenvalue weighted by Crippen LogP contribution is 2.25. The summed E-state index contributed by atoms with van der Waals surface area (Å²) in [6.45, 7) is 7.39. The predicted molar refractivity (Wildman–Crippen MR) is 113 cm³/mol. The van der Waals surface area contributed by atoms with Crippen LogP contribution in [0.15, 0.2) is 52.8 Å². The fraction of sp³-hybridized carbons (Fsp3) is 0.286. The van der Waals surface area contributed by atoms with Crippen LogP contribution in [0.5, 0.6) is 0 Å². The Labute approximate surface area is 168 Å². The number of morpholine rings is 1. The first-order valence-electron chi connectivity index (χ1n) is 9.04. The van der Waals surface area contributed by atoms with Crippen molar-refractivity contribution in [3.8, 4) is 11.3 Å². The van der Waals surface area contributed by atoms with Crippen LogP contribution >= 0.6 is 22.9 Å². The summed E-state index contributed by atoms with van der Waals surface area (Å²) in [6, 6.07) is 14.2. The second-order valence-electron chi connectivity index (χ2n) is 6.62. The molecule has 140 valence electrons. The molecule has 0 unspecified atom stereocenters. The van der Waals surface area contributed by atoms with Crippen LogP contribution in [-0.2, 0) is 4.74 Å². The van der Waals surface area contributed by atoms with Gasteiger partial charge in [0.2, 0.25) is 4.80 Å². The first-order chi connectivity index (χ1) is 13.1. The van der Waals surface area contributed by atoms with E-state index in [-0.39, 0.29) is 0 Å². The van der Waals surface area contributed by atoms with Crippen LogP contribution in [0.3, 0.4) is 0 Å². The number of ether oxygens (including phenoxy) is 1. The van der Waals surface area contributed by atoms with Gasteiger partial charge in [-0.2, -0.15) is 0 Å². The van der Waals surface area contributed by atoms with Gasteiger partial charge >= 0.3 is 0 Å². The van der Waals surface area contributed by atoms with Gasteiger partial charge in [0.1, 0.15) is 0 Å². The molecule has 1 aliphatic heterocycles. The molecule has 1 fully saturated rings. The monoisotopic (exact) mass is 399 g/mol. The minimum atomic E-state index is 0.728. The van der Waals surface area contributed by atoms with E-state index in [4.69, 9.17) is 21.3 Å². The van der Waals surface area contributed by atoms with Gasteiger partial charge in [-0.05, 0) is 43.2 Å². The van der Waals surface area contributed by atoms with Crippen molar-refractivity contribution in [2.45, 2.75) is 13.8 Å². The van der Waals surface area contributed by atoms with Gasteiger partial charge in [-0.1, -0.05) is 35.9 Å². The summed E-state index contributed by atoms with van der Waals surface area (Å²) >= 11 is 7.74. The van der Waals surface area contributed by atoms with E-state index in [1.165, 1.54) is 11.1 Å². The topological polar surface area (TPSA) is 29.8 Å². The quantitative estimate of drug-likeness (QED) is 0.639. The third-order valence-electron chi connectivity index (χ3n) is 4.89. The molecule has 1 aromatic heterocycles. The third-order valence-corrected chi connectivity index (χ3v) is 5.96. The summed E-state index contributed by atoms with van der Waals surface area (Å²) in [5, 5.41) is 5.23. The first-order valence-corrected chi connectivity index (χ1v) is 10.3. The number of thiazole rings is 1. The van der Waals surface area contributed by atoms with Crippen LogP contribution in [-0.4, -0.2) is 31.0 Å². The Balaban J connectivity index is 1.87. The molecule has 6 heteroatoms. The van der Waals surface area contributed by atoms with Crippen molar-refractivity contribution >= 4 is 28.6 Å². The highest BCUT2D eigenvalue weighted by molar-refractivity contribution is 7.07. The van der Waals surface area contributed by atoms with E-state index in [2.05, 4.69) is 59.2 Å². The maximum atomic E-state index is 6.08. The molecule has 27 heavy (non-hydrogen) atoms. The summed E-state index contributed by atoms with van der Waals surface area (Å²) in [4.78, 5) is 5.98. The molecular weight excluding hydrogens is 378 g/mol. The molecule has 0 bridgehead atoms. The molecule has 1 saturated heterocycles. The molecule has 1 aliphatic rings. The smallest absolute Gasteiger partial charge is 0.209 e. The zero-order valence-corrected chi connectivity index (χ0v) is 17.1. The lowest BCUT2D eigenvalue weighted by Gasteiger charge is -2.31. The summed E-state index contributed by atoms with van der Waals surface area (Å²) in [5.74, 6) is 0. The fourth-order valence-corrected chi connectivity index (χ4v) is 4.23. The zero-order chi connectivity index (χ0) is 18.8. The van der Waals surface area contributed by atoms with Crippen molar-refractivity contribution < 1.29 is 4.74 Å². The van der Waals surface area contributed by atoms with Crippen LogP contribution in [0.1, 0.15) is 11.1 Å². The summed E-state index contributed by atoms with van der Waals surface area (Å²) in [5.41, 5.74) is 5.74. The van der Waals surface area contributed by atoms with Gasteiger partial charge < -0.3 is 9.75 Å². The normalized spacial score (nSPS) is 15.4. The van der Waals surface area contributed by atoms with Crippen molar-refractivity contribution in [1.29, 1.82) is 0 Å². The standard InChI is InChI=1S/C21H22ClN3OS/c1-15-4-3-5-19(16(15)2)23-21-25(24-10-12-26-13-11-24)20(14-27-21)17-6-8-18(22)9-7-17/h3-9,14H,10-13H2,1-2H3. The van der Waals surface area contributed by atoms with Crippen LogP contribution in [0.25, 0.3) is 11.3 Å². The van der Waals surface area contributed by atoms with E-state index in [1.807, 2.05) is 12.1 Å². The second-order valence-corrected chi connectivity index (χ2v) is 7.89. The van der Waals surface area contributed by atoms with Gasteiger partial charge in [0.25, 0.3) is 0 Å². The Bertz CT molecular complexity index is 1000. The number of hydrogen-bond donors (Lipinski definition) is 0. The highest BCUT2D eigenvalue weighted by Gasteiger charge is 2.17. The summed E-state index contributed by atoms with van der Waals surface area (Å²) < 4.78 is 7.79. The summed E-state index contributed by atoms with van der Waals surface area (Å²) in [6.07, 6.45) is 0. The molecule has 2 heterocycles. The molecule has 2 aromatic carbocycles. The van der Waals surface area contributed by atoms with E-state index in [0.29, 0.717) is 0 Å². The Morgan fingerprint density at radius 3 is 2.52 bits per heavy atom. The number of aromatic nitrogens is 1. The van der Waals surface area contributed by atoms with Crippen LogP contribution in [0.2, 0.25) is 5.02 Å². The molecule has 0 amide bonds. The van der Waals surface area contributed by atoms with Gasteiger partial charge in [0.15, 0.2) is 0 Å². The lowest BCUT2D eigenvalue weighted by molar-refractivity contribution is 0.111. The van der Waals surface area contributed by atoms with Gasteiger partial charge in [0.05, 0.1) is 37.7 Å². The lowest BCUT2D eigenvalue weighted by atomic mass is 10.1. The number of aryl methyl sites for hydroxylation is 1. The number of halogens is 1. The minimum Gasteiger partial charge on any atom is -0.378 e. The number of benzene rings is 2. The van der Waals surface area contributed by atoms with Gasteiger partial charge in [-0.25, -0.2) is 9.67 Å². The molecule has 0 saturated carbocycles. The largest absolute Gasteiger partial charge is 0.378 e. The average molecular weight is 400 g/mol. The molecule has 0 radical (unpaired) electrons. The number of hydrogen-bond acceptors (Lipinski definition) is 4. The maximum absolute atomic E-state index is 6.08. The molecule has 3 aromatic rings. The Morgan fingerprint density at radius 1 is 1.04 bits per heavy atom. The highest BCUT2D eigenvalue weighted by atomic mass is 35.5.